The number of anilines is 1. The molecule has 2 aromatic carbocycles. The van der Waals surface area contributed by atoms with Crippen molar-refractivity contribution in [1.29, 1.82) is 0 Å². The van der Waals surface area contributed by atoms with Crippen LogP contribution in [0.4, 0.5) is 5.13 Å². The lowest BCUT2D eigenvalue weighted by molar-refractivity contribution is 0.0531. The molecule has 29 heavy (non-hydrogen) atoms. The summed E-state index contributed by atoms with van der Waals surface area (Å²) >= 11 is 7.39. The number of thiazole rings is 1. The summed E-state index contributed by atoms with van der Waals surface area (Å²) < 4.78 is 5.16. The highest BCUT2D eigenvalue weighted by molar-refractivity contribution is 7.17. The maximum atomic E-state index is 12.2. The number of rotatable bonds is 5. The van der Waals surface area contributed by atoms with Gasteiger partial charge in [0.05, 0.1) is 24.1 Å². The number of benzene rings is 2. The summed E-state index contributed by atoms with van der Waals surface area (Å²) in [7, 11) is 0. The molecular formula is C22H20ClN3O2S. The number of halogens is 1. The van der Waals surface area contributed by atoms with Crippen molar-refractivity contribution in [3.05, 3.63) is 81.3 Å². The molecule has 1 aliphatic rings. The van der Waals surface area contributed by atoms with Crippen LogP contribution in [0.25, 0.3) is 0 Å². The summed E-state index contributed by atoms with van der Waals surface area (Å²) in [5.74, 6) is -0.344. The number of nitrogens with zero attached hydrogens (tertiary/aromatic N) is 3. The van der Waals surface area contributed by atoms with E-state index in [4.69, 9.17) is 21.4 Å². The van der Waals surface area contributed by atoms with Gasteiger partial charge in [0.1, 0.15) is 4.88 Å². The van der Waals surface area contributed by atoms with Gasteiger partial charge in [-0.25, -0.2) is 14.8 Å². The fourth-order valence-corrected chi connectivity index (χ4v) is 4.39. The van der Waals surface area contributed by atoms with Crippen LogP contribution in [0.1, 0.15) is 45.9 Å². The van der Waals surface area contributed by atoms with Crippen LogP contribution in [-0.4, -0.2) is 23.3 Å². The van der Waals surface area contributed by atoms with Gasteiger partial charge in [0.2, 0.25) is 5.13 Å². The average Bonchev–Trinajstić information content (AvgIpc) is 3.33. The molecule has 0 spiro atoms. The highest BCUT2D eigenvalue weighted by Crippen LogP contribution is 2.39. The summed E-state index contributed by atoms with van der Waals surface area (Å²) in [5, 5.41) is 8.16. The van der Waals surface area contributed by atoms with Gasteiger partial charge in [0.15, 0.2) is 0 Å². The molecule has 0 aliphatic carbocycles. The summed E-state index contributed by atoms with van der Waals surface area (Å²) in [5.41, 5.74) is 3.81. The number of aryl methyl sites for hydroxylation is 1. The molecule has 1 aliphatic heterocycles. The Hall–Kier alpha value is -2.70. The van der Waals surface area contributed by atoms with E-state index >= 15 is 0 Å². The summed E-state index contributed by atoms with van der Waals surface area (Å²) in [6.07, 6.45) is 0.735. The number of esters is 1. The molecule has 1 unspecified atom stereocenters. The smallest absolute Gasteiger partial charge is 0.350 e. The SMILES string of the molecule is CCOC(=O)c1sc(N2N=C(c3ccccc3)CC2c2ccc(Cl)cc2)nc1C. The van der Waals surface area contributed by atoms with E-state index < -0.39 is 0 Å². The van der Waals surface area contributed by atoms with Gasteiger partial charge in [-0.05, 0) is 37.1 Å². The van der Waals surface area contributed by atoms with Gasteiger partial charge < -0.3 is 4.74 Å². The van der Waals surface area contributed by atoms with Gasteiger partial charge in [0.25, 0.3) is 0 Å². The van der Waals surface area contributed by atoms with E-state index in [1.165, 1.54) is 11.3 Å². The molecule has 4 rings (SSSR count). The van der Waals surface area contributed by atoms with E-state index in [0.29, 0.717) is 27.3 Å². The van der Waals surface area contributed by atoms with Crippen molar-refractivity contribution >= 4 is 39.8 Å². The first-order chi connectivity index (χ1) is 14.1. The maximum Gasteiger partial charge on any atom is 0.350 e. The van der Waals surface area contributed by atoms with Crippen LogP contribution in [0.15, 0.2) is 59.7 Å². The number of hydrogen-bond acceptors (Lipinski definition) is 6. The van der Waals surface area contributed by atoms with Crippen LogP contribution in [0.5, 0.6) is 0 Å². The third-order valence-electron chi connectivity index (χ3n) is 4.71. The predicted molar refractivity (Wildman–Crippen MR) is 117 cm³/mol. The highest BCUT2D eigenvalue weighted by atomic mass is 35.5. The Balaban J connectivity index is 1.74. The maximum absolute atomic E-state index is 12.2. The Bertz CT molecular complexity index is 1050. The van der Waals surface area contributed by atoms with Crippen molar-refractivity contribution < 1.29 is 9.53 Å². The number of carbonyl (C=O) groups is 1. The number of carbonyl (C=O) groups excluding carboxylic acids is 1. The zero-order valence-corrected chi connectivity index (χ0v) is 17.7. The molecule has 0 amide bonds. The molecule has 0 saturated heterocycles. The largest absolute Gasteiger partial charge is 0.462 e. The molecule has 0 bridgehead atoms. The standard InChI is InChI=1S/C22H20ClN3O2S/c1-3-28-21(27)20-14(2)24-22(29-20)26-19(16-9-11-17(23)12-10-16)13-18(25-26)15-7-5-4-6-8-15/h4-12,19H,3,13H2,1-2H3. The topological polar surface area (TPSA) is 54.8 Å². The molecule has 3 aromatic rings. The van der Waals surface area contributed by atoms with Gasteiger partial charge >= 0.3 is 5.97 Å². The Morgan fingerprint density at radius 1 is 1.21 bits per heavy atom. The van der Waals surface area contributed by atoms with Crippen LogP contribution in [0.2, 0.25) is 5.02 Å². The normalized spacial score (nSPS) is 16.0. The molecule has 0 N–H and O–H groups in total. The van der Waals surface area contributed by atoms with Gasteiger partial charge in [-0.15, -0.1) is 0 Å². The monoisotopic (exact) mass is 425 g/mol. The van der Waals surface area contributed by atoms with E-state index in [0.717, 1.165) is 23.3 Å². The fourth-order valence-electron chi connectivity index (χ4n) is 3.30. The van der Waals surface area contributed by atoms with Crippen molar-refractivity contribution in [1.82, 2.24) is 4.98 Å². The van der Waals surface area contributed by atoms with Crippen LogP contribution in [-0.2, 0) is 4.74 Å². The highest BCUT2D eigenvalue weighted by Gasteiger charge is 2.33. The molecule has 0 fully saturated rings. The quantitative estimate of drug-likeness (QED) is 0.496. The Morgan fingerprint density at radius 2 is 1.93 bits per heavy atom. The van der Waals surface area contributed by atoms with Gasteiger partial charge in [0, 0.05) is 11.4 Å². The lowest BCUT2D eigenvalue weighted by Gasteiger charge is -2.21. The van der Waals surface area contributed by atoms with Crippen molar-refractivity contribution in [2.75, 3.05) is 11.6 Å². The van der Waals surface area contributed by atoms with Gasteiger partial charge in [-0.1, -0.05) is 65.4 Å². The minimum atomic E-state index is -0.344. The minimum absolute atomic E-state index is 0.0249. The predicted octanol–water partition coefficient (Wildman–Crippen LogP) is 5.64. The van der Waals surface area contributed by atoms with Crippen LogP contribution in [0, 0.1) is 6.92 Å². The first-order valence-corrected chi connectivity index (χ1v) is 10.6. The van der Waals surface area contributed by atoms with Gasteiger partial charge in [-0.3, -0.25) is 0 Å². The summed E-state index contributed by atoms with van der Waals surface area (Å²) in [4.78, 5) is 17.4. The van der Waals surface area contributed by atoms with E-state index in [1.54, 1.807) is 6.92 Å². The molecule has 148 valence electrons. The van der Waals surface area contributed by atoms with Crippen molar-refractivity contribution in [3.63, 3.8) is 0 Å². The zero-order chi connectivity index (χ0) is 20.4. The van der Waals surface area contributed by atoms with Gasteiger partial charge in [-0.2, -0.15) is 5.10 Å². The molecule has 0 saturated carbocycles. The summed E-state index contributed by atoms with van der Waals surface area (Å²) in [6.45, 7) is 3.95. The number of ether oxygens (including phenoxy) is 1. The molecule has 1 aromatic heterocycles. The number of aromatic nitrogens is 1. The second-order valence-corrected chi connectivity index (χ2v) is 8.07. The van der Waals surface area contributed by atoms with E-state index in [-0.39, 0.29) is 12.0 Å². The molecular weight excluding hydrogens is 406 g/mol. The van der Waals surface area contributed by atoms with Crippen LogP contribution in [0.3, 0.4) is 0 Å². The Labute approximate surface area is 178 Å². The van der Waals surface area contributed by atoms with E-state index in [1.807, 2.05) is 54.4 Å². The van der Waals surface area contributed by atoms with Crippen LogP contribution < -0.4 is 5.01 Å². The van der Waals surface area contributed by atoms with E-state index in [9.17, 15) is 4.79 Å². The first kappa shape index (κ1) is 19.6. The number of hydrazone groups is 1. The second-order valence-electron chi connectivity index (χ2n) is 6.66. The Morgan fingerprint density at radius 3 is 2.62 bits per heavy atom. The second kappa shape index (κ2) is 8.35. The average molecular weight is 426 g/mol. The van der Waals surface area contributed by atoms with Crippen molar-refractivity contribution in [2.24, 2.45) is 5.10 Å². The lowest BCUT2D eigenvalue weighted by atomic mass is 9.99. The third kappa shape index (κ3) is 4.04. The molecule has 1 atom stereocenters. The van der Waals surface area contributed by atoms with Crippen molar-refractivity contribution in [2.45, 2.75) is 26.3 Å². The lowest BCUT2D eigenvalue weighted by Crippen LogP contribution is -2.18. The molecule has 5 nitrogen and oxygen atoms in total. The number of hydrogen-bond donors (Lipinski definition) is 0. The first-order valence-electron chi connectivity index (χ1n) is 9.39. The summed E-state index contributed by atoms with van der Waals surface area (Å²) in [6, 6.07) is 17.9. The zero-order valence-electron chi connectivity index (χ0n) is 16.1. The Kier molecular flexibility index (Phi) is 5.65. The fraction of sp³-hybridized carbons (Fsp3) is 0.227. The third-order valence-corrected chi connectivity index (χ3v) is 6.09. The van der Waals surface area contributed by atoms with Crippen molar-refractivity contribution in [3.8, 4) is 0 Å². The van der Waals surface area contributed by atoms with Crippen LogP contribution >= 0.6 is 22.9 Å². The van der Waals surface area contributed by atoms with E-state index in [2.05, 4.69) is 17.1 Å². The molecule has 0 radical (unpaired) electrons. The minimum Gasteiger partial charge on any atom is -0.462 e. The molecule has 2 heterocycles. The molecule has 7 heteroatoms.